The highest BCUT2D eigenvalue weighted by Crippen LogP contribution is 2.24. The molecule has 0 amide bonds. The van der Waals surface area contributed by atoms with E-state index in [0.29, 0.717) is 5.69 Å². The van der Waals surface area contributed by atoms with E-state index in [0.717, 1.165) is 0 Å². The number of ketones is 1. The average molecular weight is 242 g/mol. The van der Waals surface area contributed by atoms with E-state index >= 15 is 0 Å². The summed E-state index contributed by atoms with van der Waals surface area (Å²) in [5.74, 6) is -0.788. The van der Waals surface area contributed by atoms with E-state index < -0.39 is 5.97 Å². The molecule has 4 nitrogen and oxygen atoms in total. The van der Waals surface area contributed by atoms with Crippen molar-refractivity contribution in [3.63, 3.8) is 0 Å². The van der Waals surface area contributed by atoms with Gasteiger partial charge >= 0.3 is 5.97 Å². The largest absolute Gasteiger partial charge is 0.462 e. The fourth-order valence-corrected chi connectivity index (χ4v) is 1.66. The van der Waals surface area contributed by atoms with Crippen molar-refractivity contribution in [1.29, 1.82) is 0 Å². The molecule has 0 N–H and O–H groups in total. The van der Waals surface area contributed by atoms with Gasteiger partial charge in [-0.25, -0.2) is 4.79 Å². The highest BCUT2D eigenvalue weighted by Gasteiger charge is 2.20. The molecular weight excluding hydrogens is 230 g/mol. The lowest BCUT2D eigenvalue weighted by molar-refractivity contribution is 0.0525. The third-order valence-corrected chi connectivity index (χ3v) is 2.46. The van der Waals surface area contributed by atoms with Crippen molar-refractivity contribution >= 4 is 23.4 Å². The molecule has 0 aromatic carbocycles. The van der Waals surface area contributed by atoms with E-state index in [1.54, 1.807) is 13.8 Å². The van der Waals surface area contributed by atoms with Gasteiger partial charge in [0.2, 0.25) is 0 Å². The number of nitrogens with zero attached hydrogens (tertiary/aromatic N) is 1. The van der Waals surface area contributed by atoms with Crippen molar-refractivity contribution in [2.45, 2.75) is 20.8 Å². The number of hydrogen-bond donors (Lipinski definition) is 0. The quantitative estimate of drug-likeness (QED) is 0.602. The third-order valence-electron chi connectivity index (χ3n) is 2.06. The number of hydrogen-bond acceptors (Lipinski definition) is 4. The van der Waals surface area contributed by atoms with Crippen molar-refractivity contribution in [2.75, 3.05) is 6.61 Å². The van der Waals surface area contributed by atoms with Crippen LogP contribution in [-0.4, -0.2) is 23.3 Å². The van der Waals surface area contributed by atoms with Crippen molar-refractivity contribution in [3.8, 4) is 0 Å². The number of carbonyl (C=O) groups is 2. The van der Waals surface area contributed by atoms with Gasteiger partial charge in [0.05, 0.1) is 22.9 Å². The summed E-state index contributed by atoms with van der Waals surface area (Å²) in [5.41, 5.74) is 0.847. The van der Waals surface area contributed by atoms with Crippen molar-refractivity contribution in [2.24, 2.45) is 0 Å². The molecule has 0 fully saturated rings. The zero-order valence-corrected chi connectivity index (χ0v) is 10.1. The Hall–Kier alpha value is -1.42. The predicted octanol–water partition coefficient (Wildman–Crippen LogP) is 2.42. The number of rotatable bonds is 3. The molecule has 0 aliphatic carbocycles. The topological polar surface area (TPSA) is 56.3 Å². The Labute approximate surface area is 98.6 Å². The molecule has 0 aliphatic rings. The minimum Gasteiger partial charge on any atom is -0.462 e. The molecule has 1 heterocycles. The zero-order chi connectivity index (χ0) is 12.3. The van der Waals surface area contributed by atoms with Gasteiger partial charge in [-0.05, 0) is 20.8 Å². The summed E-state index contributed by atoms with van der Waals surface area (Å²) >= 11 is 5.98. The van der Waals surface area contributed by atoms with Gasteiger partial charge in [0, 0.05) is 6.20 Å². The second-order valence-electron chi connectivity index (χ2n) is 3.22. The first-order chi connectivity index (χ1) is 7.49. The molecule has 1 aromatic heterocycles. The second-order valence-corrected chi connectivity index (χ2v) is 3.60. The highest BCUT2D eigenvalue weighted by molar-refractivity contribution is 6.36. The maximum atomic E-state index is 11.6. The first-order valence-corrected chi connectivity index (χ1v) is 5.20. The van der Waals surface area contributed by atoms with E-state index in [-0.39, 0.29) is 28.5 Å². The molecule has 0 radical (unpaired) electrons. The van der Waals surface area contributed by atoms with Gasteiger partial charge in [0.1, 0.15) is 5.56 Å². The molecule has 0 aliphatic heterocycles. The SMILES string of the molecule is CCOC(=O)c1c(C)ncc(C(C)=O)c1Cl. The maximum Gasteiger partial charge on any atom is 0.341 e. The Morgan fingerprint density at radius 1 is 1.50 bits per heavy atom. The molecule has 1 rings (SSSR count). The summed E-state index contributed by atoms with van der Waals surface area (Å²) in [6.07, 6.45) is 1.36. The van der Waals surface area contributed by atoms with Crippen LogP contribution in [-0.2, 0) is 4.74 Å². The van der Waals surface area contributed by atoms with E-state index in [4.69, 9.17) is 16.3 Å². The van der Waals surface area contributed by atoms with Crippen LogP contribution in [0, 0.1) is 6.92 Å². The molecule has 0 unspecified atom stereocenters. The van der Waals surface area contributed by atoms with Crippen LogP contribution in [0.25, 0.3) is 0 Å². The number of pyridine rings is 1. The van der Waals surface area contributed by atoms with Gasteiger partial charge in [-0.15, -0.1) is 0 Å². The summed E-state index contributed by atoms with van der Waals surface area (Å²) in [5, 5.41) is 0.110. The van der Waals surface area contributed by atoms with Crippen molar-refractivity contribution in [3.05, 3.63) is 28.0 Å². The van der Waals surface area contributed by atoms with Crippen molar-refractivity contribution < 1.29 is 14.3 Å². The molecule has 0 spiro atoms. The standard InChI is InChI=1S/C11H12ClNO3/c1-4-16-11(15)9-6(2)13-5-8(7(3)14)10(9)12/h5H,4H2,1-3H3. The monoisotopic (exact) mass is 241 g/mol. The fraction of sp³-hybridized carbons (Fsp3) is 0.364. The average Bonchev–Trinajstić information content (AvgIpc) is 2.17. The fourth-order valence-electron chi connectivity index (χ4n) is 1.26. The lowest BCUT2D eigenvalue weighted by Gasteiger charge is -2.09. The van der Waals surface area contributed by atoms with Crippen LogP contribution in [0.5, 0.6) is 0 Å². The lowest BCUT2D eigenvalue weighted by atomic mass is 10.1. The first kappa shape index (κ1) is 12.6. The van der Waals surface area contributed by atoms with Gasteiger partial charge < -0.3 is 4.74 Å². The summed E-state index contributed by atoms with van der Waals surface area (Å²) in [6.45, 7) is 4.96. The van der Waals surface area contributed by atoms with E-state index in [2.05, 4.69) is 4.98 Å². The van der Waals surface area contributed by atoms with Crippen LogP contribution in [0.4, 0.5) is 0 Å². The van der Waals surface area contributed by atoms with Gasteiger partial charge in [-0.3, -0.25) is 9.78 Å². The molecule has 16 heavy (non-hydrogen) atoms. The smallest absolute Gasteiger partial charge is 0.341 e. The van der Waals surface area contributed by atoms with Crippen molar-refractivity contribution in [1.82, 2.24) is 4.98 Å². The molecule has 0 saturated carbocycles. The Kier molecular flexibility index (Phi) is 4.01. The number of halogens is 1. The Morgan fingerprint density at radius 2 is 2.12 bits per heavy atom. The molecule has 0 atom stereocenters. The minimum atomic E-state index is -0.555. The van der Waals surface area contributed by atoms with Crippen LogP contribution < -0.4 is 0 Å². The van der Waals surface area contributed by atoms with Gasteiger partial charge in [-0.1, -0.05) is 11.6 Å². The minimum absolute atomic E-state index is 0.110. The molecule has 1 aromatic rings. The van der Waals surface area contributed by atoms with Crippen LogP contribution in [0.3, 0.4) is 0 Å². The van der Waals surface area contributed by atoms with Gasteiger partial charge in [0.15, 0.2) is 5.78 Å². The highest BCUT2D eigenvalue weighted by atomic mass is 35.5. The number of Topliss-reactive ketones (excluding diaryl/α,β-unsaturated/α-hetero) is 1. The van der Waals surface area contributed by atoms with Crippen LogP contribution >= 0.6 is 11.6 Å². The Bertz CT molecular complexity index is 443. The Morgan fingerprint density at radius 3 is 2.62 bits per heavy atom. The predicted molar refractivity (Wildman–Crippen MR) is 59.9 cm³/mol. The van der Waals surface area contributed by atoms with Crippen LogP contribution in [0.2, 0.25) is 5.02 Å². The number of esters is 1. The third kappa shape index (κ3) is 2.39. The Balaban J connectivity index is 3.31. The van der Waals surface area contributed by atoms with E-state index in [1.165, 1.54) is 13.1 Å². The number of carbonyl (C=O) groups excluding carboxylic acids is 2. The summed E-state index contributed by atoms with van der Waals surface area (Å²) < 4.78 is 4.85. The van der Waals surface area contributed by atoms with Gasteiger partial charge in [0.25, 0.3) is 0 Å². The first-order valence-electron chi connectivity index (χ1n) is 4.82. The lowest BCUT2D eigenvalue weighted by Crippen LogP contribution is -2.11. The number of aromatic nitrogens is 1. The normalized spacial score (nSPS) is 10.0. The second kappa shape index (κ2) is 5.07. The van der Waals surface area contributed by atoms with Crippen LogP contribution in [0.1, 0.15) is 40.3 Å². The number of aryl methyl sites for hydroxylation is 1. The van der Waals surface area contributed by atoms with Gasteiger partial charge in [-0.2, -0.15) is 0 Å². The molecule has 5 heteroatoms. The molecule has 86 valence electrons. The summed E-state index contributed by atoms with van der Waals surface area (Å²) in [6, 6.07) is 0. The summed E-state index contributed by atoms with van der Waals surface area (Å²) in [7, 11) is 0. The molecular formula is C11H12ClNO3. The molecule has 0 bridgehead atoms. The van der Waals surface area contributed by atoms with E-state index in [9.17, 15) is 9.59 Å². The zero-order valence-electron chi connectivity index (χ0n) is 9.33. The van der Waals surface area contributed by atoms with Crippen LogP contribution in [0.15, 0.2) is 6.20 Å². The number of ether oxygens (including phenoxy) is 1. The summed E-state index contributed by atoms with van der Waals surface area (Å²) in [4.78, 5) is 26.8. The van der Waals surface area contributed by atoms with E-state index in [1.807, 2.05) is 0 Å². The molecule has 0 saturated heterocycles. The maximum absolute atomic E-state index is 11.6.